The van der Waals surface area contributed by atoms with Crippen molar-refractivity contribution in [2.24, 2.45) is 7.05 Å². The summed E-state index contributed by atoms with van der Waals surface area (Å²) >= 11 is 5.93. The lowest BCUT2D eigenvalue weighted by Crippen LogP contribution is -2.11. The summed E-state index contributed by atoms with van der Waals surface area (Å²) in [5.74, 6) is 2.12. The van der Waals surface area contributed by atoms with Gasteiger partial charge in [-0.1, -0.05) is 11.6 Å². The molecule has 1 N–H and O–H groups in total. The van der Waals surface area contributed by atoms with Crippen molar-refractivity contribution >= 4 is 23.2 Å². The van der Waals surface area contributed by atoms with Crippen molar-refractivity contribution in [3.8, 4) is 0 Å². The Kier molecular flexibility index (Phi) is 3.00. The summed E-state index contributed by atoms with van der Waals surface area (Å²) in [5, 5.41) is 15.5. The second-order valence-corrected chi connectivity index (χ2v) is 4.36. The van der Waals surface area contributed by atoms with E-state index in [4.69, 9.17) is 11.6 Å². The molecule has 0 saturated heterocycles. The average Bonchev–Trinajstić information content (AvgIpc) is 2.98. The normalized spacial score (nSPS) is 11.1. The van der Waals surface area contributed by atoms with Crippen LogP contribution in [0.15, 0.2) is 18.7 Å². The average molecular weight is 279 g/mol. The molecule has 0 aliphatic rings. The van der Waals surface area contributed by atoms with Gasteiger partial charge in [0.15, 0.2) is 0 Å². The minimum atomic E-state index is 0.377. The first-order chi connectivity index (χ1) is 9.24. The van der Waals surface area contributed by atoms with Gasteiger partial charge in [-0.2, -0.15) is 19.6 Å². The van der Waals surface area contributed by atoms with Crippen molar-refractivity contribution in [2.75, 3.05) is 11.9 Å². The quantitative estimate of drug-likeness (QED) is 0.702. The molecule has 0 atom stereocenters. The Hall–Kier alpha value is -2.22. The first-order valence-electron chi connectivity index (χ1n) is 5.67. The molecule has 0 unspecified atom stereocenters. The molecule has 3 aromatic rings. The number of nitrogens with zero attached hydrogens (tertiary/aromatic N) is 7. The molecule has 0 fully saturated rings. The summed E-state index contributed by atoms with van der Waals surface area (Å²) in [7, 11) is 1.91. The topological polar surface area (TPSA) is 85.8 Å². The summed E-state index contributed by atoms with van der Waals surface area (Å²) in [6, 6.07) is 1.71. The number of fused-ring (bicyclic) bond motifs is 1. The summed E-state index contributed by atoms with van der Waals surface area (Å²) < 4.78 is 3.48. The molecule has 0 amide bonds. The molecule has 9 heteroatoms. The van der Waals surface area contributed by atoms with E-state index in [1.807, 2.05) is 11.6 Å². The van der Waals surface area contributed by atoms with Gasteiger partial charge in [-0.05, 0) is 0 Å². The maximum absolute atomic E-state index is 5.93. The Morgan fingerprint density at radius 3 is 3.11 bits per heavy atom. The van der Waals surface area contributed by atoms with Gasteiger partial charge >= 0.3 is 0 Å². The van der Waals surface area contributed by atoms with Crippen molar-refractivity contribution in [1.29, 1.82) is 0 Å². The Morgan fingerprint density at radius 2 is 2.32 bits per heavy atom. The van der Waals surface area contributed by atoms with E-state index in [2.05, 4.69) is 30.6 Å². The third-order valence-electron chi connectivity index (χ3n) is 2.68. The molecular formula is C10H11ClN8. The van der Waals surface area contributed by atoms with Gasteiger partial charge in [-0.25, -0.2) is 0 Å². The predicted molar refractivity (Wildman–Crippen MR) is 69.0 cm³/mol. The third kappa shape index (κ3) is 2.34. The van der Waals surface area contributed by atoms with Crippen molar-refractivity contribution in [3.63, 3.8) is 0 Å². The van der Waals surface area contributed by atoms with Crippen LogP contribution in [0.3, 0.4) is 0 Å². The van der Waals surface area contributed by atoms with Gasteiger partial charge in [0, 0.05) is 26.1 Å². The standard InChI is InChI=1S/C10H11ClN8/c1-18-6-14-17-8(18)2-3-12-9-4-7(11)16-10-13-5-15-19(9)10/h4-6,12H,2-3H2,1H3. The van der Waals surface area contributed by atoms with Gasteiger partial charge in [0.25, 0.3) is 5.78 Å². The molecule has 19 heavy (non-hydrogen) atoms. The zero-order valence-corrected chi connectivity index (χ0v) is 10.9. The summed E-state index contributed by atoms with van der Waals surface area (Å²) in [6.07, 6.45) is 3.85. The van der Waals surface area contributed by atoms with Crippen molar-refractivity contribution < 1.29 is 0 Å². The van der Waals surface area contributed by atoms with Gasteiger partial charge in [0.1, 0.15) is 29.5 Å². The molecule has 98 valence electrons. The highest BCUT2D eigenvalue weighted by molar-refractivity contribution is 6.29. The van der Waals surface area contributed by atoms with Crippen LogP contribution in [0.2, 0.25) is 5.15 Å². The summed E-state index contributed by atoms with van der Waals surface area (Å²) in [6.45, 7) is 0.682. The minimum Gasteiger partial charge on any atom is -0.369 e. The van der Waals surface area contributed by atoms with Crippen LogP contribution in [0.1, 0.15) is 5.82 Å². The predicted octanol–water partition coefficient (Wildman–Crippen LogP) is 0.561. The molecule has 0 spiro atoms. The molecule has 3 heterocycles. The molecule has 8 nitrogen and oxygen atoms in total. The maximum atomic E-state index is 5.93. The first-order valence-corrected chi connectivity index (χ1v) is 6.05. The van der Waals surface area contributed by atoms with E-state index < -0.39 is 0 Å². The highest BCUT2D eigenvalue weighted by Crippen LogP contribution is 2.14. The Labute approximate surface area is 113 Å². The molecule has 0 aliphatic heterocycles. The van der Waals surface area contributed by atoms with Crippen LogP contribution in [-0.4, -0.2) is 40.9 Å². The monoisotopic (exact) mass is 278 g/mol. The van der Waals surface area contributed by atoms with Crippen LogP contribution >= 0.6 is 11.6 Å². The van der Waals surface area contributed by atoms with E-state index in [0.29, 0.717) is 17.5 Å². The van der Waals surface area contributed by atoms with Crippen LogP contribution in [0.5, 0.6) is 0 Å². The van der Waals surface area contributed by atoms with E-state index in [1.54, 1.807) is 16.9 Å². The number of hydrogen-bond acceptors (Lipinski definition) is 6. The summed E-state index contributed by atoms with van der Waals surface area (Å²) in [5.41, 5.74) is 0. The van der Waals surface area contributed by atoms with Gasteiger partial charge < -0.3 is 9.88 Å². The minimum absolute atomic E-state index is 0.377. The van der Waals surface area contributed by atoms with E-state index in [-0.39, 0.29) is 0 Å². The molecule has 0 aromatic carbocycles. The number of anilines is 1. The van der Waals surface area contributed by atoms with Gasteiger partial charge in [-0.15, -0.1) is 10.2 Å². The van der Waals surface area contributed by atoms with Gasteiger partial charge in [0.2, 0.25) is 0 Å². The lowest BCUT2D eigenvalue weighted by molar-refractivity contribution is 0.784. The van der Waals surface area contributed by atoms with Crippen molar-refractivity contribution in [2.45, 2.75) is 6.42 Å². The third-order valence-corrected chi connectivity index (χ3v) is 2.87. The number of halogens is 1. The molecule has 0 bridgehead atoms. The van der Waals surface area contributed by atoms with Crippen LogP contribution in [0.4, 0.5) is 5.82 Å². The number of nitrogens with one attached hydrogen (secondary N) is 1. The number of aromatic nitrogens is 7. The lowest BCUT2D eigenvalue weighted by atomic mass is 10.4. The first kappa shape index (κ1) is 11.8. The second kappa shape index (κ2) is 4.81. The highest BCUT2D eigenvalue weighted by Gasteiger charge is 2.06. The van der Waals surface area contributed by atoms with Gasteiger partial charge in [0.05, 0.1) is 0 Å². The SMILES string of the molecule is Cn1cnnc1CCNc1cc(Cl)nc2ncnn12. The Balaban J connectivity index is 1.75. The number of hydrogen-bond donors (Lipinski definition) is 1. The number of aryl methyl sites for hydroxylation is 1. The van der Waals surface area contributed by atoms with Crippen LogP contribution in [0, 0.1) is 0 Å². The largest absolute Gasteiger partial charge is 0.369 e. The Morgan fingerprint density at radius 1 is 1.42 bits per heavy atom. The van der Waals surface area contributed by atoms with Crippen LogP contribution in [0.25, 0.3) is 5.78 Å². The Bertz CT molecular complexity index is 702. The molecule has 3 aromatic heterocycles. The molecular weight excluding hydrogens is 268 g/mol. The van der Waals surface area contributed by atoms with Gasteiger partial charge in [-0.3, -0.25) is 0 Å². The van der Waals surface area contributed by atoms with Crippen molar-refractivity contribution in [1.82, 2.24) is 34.3 Å². The fraction of sp³-hybridized carbons (Fsp3) is 0.300. The molecule has 0 radical (unpaired) electrons. The van der Waals surface area contributed by atoms with E-state index in [0.717, 1.165) is 18.1 Å². The zero-order chi connectivity index (χ0) is 13.2. The van der Waals surface area contributed by atoms with Crippen LogP contribution < -0.4 is 5.32 Å². The lowest BCUT2D eigenvalue weighted by Gasteiger charge is -2.07. The molecule has 0 saturated carbocycles. The molecule has 3 rings (SSSR count). The van der Waals surface area contributed by atoms with E-state index >= 15 is 0 Å². The fourth-order valence-corrected chi connectivity index (χ4v) is 1.92. The fourth-order valence-electron chi connectivity index (χ4n) is 1.75. The molecule has 0 aliphatic carbocycles. The van der Waals surface area contributed by atoms with Crippen molar-refractivity contribution in [3.05, 3.63) is 29.7 Å². The number of rotatable bonds is 4. The maximum Gasteiger partial charge on any atom is 0.255 e. The van der Waals surface area contributed by atoms with E-state index in [1.165, 1.54) is 6.33 Å². The van der Waals surface area contributed by atoms with Crippen LogP contribution in [-0.2, 0) is 13.5 Å². The smallest absolute Gasteiger partial charge is 0.255 e. The zero-order valence-electron chi connectivity index (χ0n) is 10.2. The van der Waals surface area contributed by atoms with E-state index in [9.17, 15) is 0 Å². The summed E-state index contributed by atoms with van der Waals surface area (Å²) in [4.78, 5) is 8.06. The highest BCUT2D eigenvalue weighted by atomic mass is 35.5. The second-order valence-electron chi connectivity index (χ2n) is 3.97.